The van der Waals surface area contributed by atoms with Gasteiger partial charge in [-0.15, -0.1) is 0 Å². The minimum atomic E-state index is -2.38. The van der Waals surface area contributed by atoms with Gasteiger partial charge in [0.25, 0.3) is 0 Å². The third-order valence-corrected chi connectivity index (χ3v) is 2.83. The number of hydrogen-bond acceptors (Lipinski definition) is 3. The zero-order valence-electron chi connectivity index (χ0n) is 8.01. The smallest absolute Gasteiger partial charge is 0.144 e. The summed E-state index contributed by atoms with van der Waals surface area (Å²) >= 11 is 0. The van der Waals surface area contributed by atoms with Gasteiger partial charge < -0.3 is 0 Å². The monoisotopic (exact) mass is 220 g/mol. The molecule has 15 heavy (non-hydrogen) atoms. The summed E-state index contributed by atoms with van der Waals surface area (Å²) in [5.41, 5.74) is 2.48. The van der Waals surface area contributed by atoms with Crippen LogP contribution in [0.15, 0.2) is 30.5 Å². The van der Waals surface area contributed by atoms with Crippen LogP contribution in [-0.2, 0) is 16.5 Å². The predicted octanol–water partition coefficient (Wildman–Crippen LogP) is 1.53. The van der Waals surface area contributed by atoms with Gasteiger partial charge in [0.1, 0.15) is 10.7 Å². The Labute approximate surface area is 89.7 Å². The summed E-state index contributed by atoms with van der Waals surface area (Å²) in [6.07, 6.45) is 1.69. The Morgan fingerprint density at radius 3 is 2.80 bits per heavy atom. The standard InChI is InChI=1S/C11H10NO2S/c1-8-4-5-12-11-3-2-9(6-10(8)11)7-15(13)14/h2-6,15H,1,7H2. The van der Waals surface area contributed by atoms with Gasteiger partial charge in [-0.3, -0.25) is 4.98 Å². The normalized spacial score (nSPS) is 11.1. The number of pyridine rings is 1. The molecule has 0 spiro atoms. The minimum absolute atomic E-state index is 0.0691. The Bertz CT molecular complexity index is 568. The molecule has 0 saturated carbocycles. The average Bonchev–Trinajstić information content (AvgIpc) is 2.18. The first kappa shape index (κ1) is 10.1. The van der Waals surface area contributed by atoms with E-state index in [1.54, 1.807) is 12.3 Å². The van der Waals surface area contributed by atoms with Gasteiger partial charge in [0, 0.05) is 11.6 Å². The van der Waals surface area contributed by atoms with E-state index in [-0.39, 0.29) is 5.75 Å². The van der Waals surface area contributed by atoms with Gasteiger partial charge in [-0.1, -0.05) is 6.07 Å². The number of aromatic nitrogens is 1. The third kappa shape index (κ3) is 2.15. The van der Waals surface area contributed by atoms with E-state index < -0.39 is 10.7 Å². The Morgan fingerprint density at radius 1 is 1.27 bits per heavy atom. The van der Waals surface area contributed by atoms with Gasteiger partial charge in [0.2, 0.25) is 0 Å². The molecule has 0 bridgehead atoms. The van der Waals surface area contributed by atoms with Gasteiger partial charge in [0.05, 0.1) is 11.3 Å². The van der Waals surface area contributed by atoms with Crippen molar-refractivity contribution in [3.8, 4) is 0 Å². The molecule has 0 N–H and O–H groups in total. The van der Waals surface area contributed by atoms with Crippen LogP contribution in [0, 0.1) is 6.92 Å². The van der Waals surface area contributed by atoms with E-state index in [2.05, 4.69) is 11.9 Å². The van der Waals surface area contributed by atoms with Crippen LogP contribution in [0.5, 0.6) is 0 Å². The maximum absolute atomic E-state index is 10.6. The maximum atomic E-state index is 10.6. The molecule has 0 aliphatic carbocycles. The highest BCUT2D eigenvalue weighted by molar-refractivity contribution is 7.71. The van der Waals surface area contributed by atoms with Crippen molar-refractivity contribution in [1.82, 2.24) is 4.98 Å². The Kier molecular flexibility index (Phi) is 2.68. The van der Waals surface area contributed by atoms with E-state index in [0.29, 0.717) is 0 Å². The molecule has 0 atom stereocenters. The molecule has 1 heterocycles. The van der Waals surface area contributed by atoms with Gasteiger partial charge in [0.15, 0.2) is 0 Å². The fourth-order valence-electron chi connectivity index (χ4n) is 1.50. The van der Waals surface area contributed by atoms with Crippen molar-refractivity contribution in [2.24, 2.45) is 0 Å². The van der Waals surface area contributed by atoms with Crippen LogP contribution in [0.4, 0.5) is 0 Å². The van der Waals surface area contributed by atoms with E-state index in [1.807, 2.05) is 18.2 Å². The molecular formula is C11H10NO2S. The molecule has 77 valence electrons. The van der Waals surface area contributed by atoms with Crippen LogP contribution in [0.2, 0.25) is 0 Å². The lowest BCUT2D eigenvalue weighted by molar-refractivity contribution is 0.614. The zero-order valence-corrected chi connectivity index (χ0v) is 8.91. The Morgan fingerprint density at radius 2 is 2.07 bits per heavy atom. The van der Waals surface area contributed by atoms with Gasteiger partial charge in [-0.2, -0.15) is 0 Å². The summed E-state index contributed by atoms with van der Waals surface area (Å²) in [4.78, 5) is 4.17. The highest BCUT2D eigenvalue weighted by atomic mass is 32.2. The van der Waals surface area contributed by atoms with E-state index in [9.17, 15) is 8.42 Å². The Hall–Kier alpha value is -1.42. The predicted molar refractivity (Wildman–Crippen MR) is 60.2 cm³/mol. The summed E-state index contributed by atoms with van der Waals surface area (Å²) in [7, 11) is -2.38. The summed E-state index contributed by atoms with van der Waals surface area (Å²) < 4.78 is 21.2. The van der Waals surface area contributed by atoms with E-state index in [0.717, 1.165) is 22.0 Å². The molecule has 0 fully saturated rings. The third-order valence-electron chi connectivity index (χ3n) is 2.21. The lowest BCUT2D eigenvalue weighted by Gasteiger charge is -2.02. The second-order valence-corrected chi connectivity index (χ2v) is 4.29. The summed E-state index contributed by atoms with van der Waals surface area (Å²) in [6.45, 7) is 3.88. The second-order valence-electron chi connectivity index (χ2n) is 3.31. The van der Waals surface area contributed by atoms with Gasteiger partial charge in [-0.05, 0) is 36.2 Å². The lowest BCUT2D eigenvalue weighted by atomic mass is 10.1. The molecule has 0 aliphatic rings. The van der Waals surface area contributed by atoms with Crippen molar-refractivity contribution in [3.05, 3.63) is 48.5 Å². The first-order valence-corrected chi connectivity index (χ1v) is 5.84. The highest BCUT2D eigenvalue weighted by Gasteiger charge is 2.00. The highest BCUT2D eigenvalue weighted by Crippen LogP contribution is 2.17. The van der Waals surface area contributed by atoms with Crippen molar-refractivity contribution < 1.29 is 8.42 Å². The number of rotatable bonds is 2. The molecule has 2 rings (SSSR count). The van der Waals surface area contributed by atoms with Crippen LogP contribution in [-0.4, -0.2) is 13.4 Å². The van der Waals surface area contributed by atoms with Crippen molar-refractivity contribution in [1.29, 1.82) is 0 Å². The number of benzene rings is 1. The first-order chi connectivity index (χ1) is 7.16. The van der Waals surface area contributed by atoms with Crippen molar-refractivity contribution in [3.63, 3.8) is 0 Å². The van der Waals surface area contributed by atoms with Gasteiger partial charge in [-0.25, -0.2) is 8.42 Å². The fraction of sp³-hybridized carbons (Fsp3) is 0.0909. The van der Waals surface area contributed by atoms with Crippen molar-refractivity contribution in [2.45, 2.75) is 5.75 Å². The number of fused-ring (bicyclic) bond motifs is 1. The molecule has 1 aromatic heterocycles. The summed E-state index contributed by atoms with van der Waals surface area (Å²) in [6, 6.07) is 7.23. The molecule has 0 unspecified atom stereocenters. The van der Waals surface area contributed by atoms with Crippen LogP contribution in [0.1, 0.15) is 11.1 Å². The molecular weight excluding hydrogens is 210 g/mol. The molecule has 0 aliphatic heterocycles. The summed E-state index contributed by atoms with van der Waals surface area (Å²) in [5, 5.41) is 0.909. The molecule has 3 nitrogen and oxygen atoms in total. The first-order valence-electron chi connectivity index (χ1n) is 4.48. The van der Waals surface area contributed by atoms with Crippen molar-refractivity contribution in [2.75, 3.05) is 0 Å². The molecule has 4 heteroatoms. The van der Waals surface area contributed by atoms with Crippen LogP contribution in [0.25, 0.3) is 10.9 Å². The van der Waals surface area contributed by atoms with Crippen LogP contribution in [0.3, 0.4) is 0 Å². The molecule has 2 aromatic rings. The average molecular weight is 220 g/mol. The van der Waals surface area contributed by atoms with Crippen LogP contribution >= 0.6 is 0 Å². The largest absolute Gasteiger partial charge is 0.256 e. The molecule has 1 aromatic carbocycles. The second kappa shape index (κ2) is 3.98. The summed E-state index contributed by atoms with van der Waals surface area (Å²) in [5.74, 6) is 0.0691. The Balaban J connectivity index is 2.59. The van der Waals surface area contributed by atoms with E-state index in [4.69, 9.17) is 0 Å². The molecule has 0 saturated heterocycles. The topological polar surface area (TPSA) is 47.0 Å². The lowest BCUT2D eigenvalue weighted by Crippen LogP contribution is -1.89. The molecule has 0 amide bonds. The van der Waals surface area contributed by atoms with Crippen LogP contribution < -0.4 is 0 Å². The number of hydrogen-bond donors (Lipinski definition) is 1. The van der Waals surface area contributed by atoms with E-state index >= 15 is 0 Å². The SMILES string of the molecule is [CH2]c1ccnc2ccc(C[SH](=O)=O)cc12. The zero-order chi connectivity index (χ0) is 10.8. The molecule has 1 radical (unpaired) electrons. The number of thiol groups is 1. The fourth-order valence-corrected chi connectivity index (χ4v) is 1.99. The minimum Gasteiger partial charge on any atom is -0.256 e. The van der Waals surface area contributed by atoms with Crippen molar-refractivity contribution >= 4 is 21.6 Å². The van der Waals surface area contributed by atoms with E-state index in [1.165, 1.54) is 0 Å². The van der Waals surface area contributed by atoms with Gasteiger partial charge >= 0.3 is 0 Å². The maximum Gasteiger partial charge on any atom is 0.144 e. The number of nitrogens with zero attached hydrogens (tertiary/aromatic N) is 1. The quantitative estimate of drug-likeness (QED) is 0.781.